The zero-order valence-electron chi connectivity index (χ0n) is 10.9. The molecule has 8 heteroatoms. The third-order valence-corrected chi connectivity index (χ3v) is 3.83. The van der Waals surface area contributed by atoms with Crippen molar-refractivity contribution in [2.45, 2.75) is 13.8 Å². The lowest BCUT2D eigenvalue weighted by molar-refractivity contribution is 0.112. The van der Waals surface area contributed by atoms with E-state index in [9.17, 15) is 4.79 Å². The second-order valence-electron chi connectivity index (χ2n) is 3.85. The molecule has 0 saturated carbocycles. The third kappa shape index (κ3) is 3.49. The van der Waals surface area contributed by atoms with Crippen LogP contribution in [0.1, 0.15) is 21.7 Å². The fourth-order valence-electron chi connectivity index (χ4n) is 1.38. The Morgan fingerprint density at radius 1 is 0.947 bits per heavy atom. The molecule has 0 amide bonds. The number of rotatable bonds is 1. The number of carbonyl (C=O) groups excluding carboxylic acids is 1. The number of halogens is 3. The normalized spacial score (nSPS) is 10.1. The van der Waals surface area contributed by atoms with Crippen molar-refractivity contribution in [3.63, 3.8) is 0 Å². The Morgan fingerprint density at radius 2 is 1.42 bits per heavy atom. The van der Waals surface area contributed by atoms with Gasteiger partial charge in [0, 0.05) is 14.1 Å². The minimum absolute atomic E-state index is 0.396. The van der Waals surface area contributed by atoms with Crippen molar-refractivity contribution >= 4 is 41.1 Å². The molecule has 0 aromatic carbocycles. The summed E-state index contributed by atoms with van der Waals surface area (Å²) in [5.74, 6) is 0. The van der Waals surface area contributed by atoms with E-state index in [1.54, 1.807) is 25.7 Å². The highest BCUT2D eigenvalue weighted by Gasteiger charge is 2.08. The molecule has 0 saturated heterocycles. The average molecular weight is 324 g/mol. The lowest BCUT2D eigenvalue weighted by atomic mass is 10.3. The van der Waals surface area contributed by atoms with Crippen molar-refractivity contribution in [2.24, 2.45) is 14.1 Å². The smallest absolute Gasteiger partial charge is 0.155 e. The van der Waals surface area contributed by atoms with Crippen LogP contribution in [0.25, 0.3) is 0 Å². The van der Waals surface area contributed by atoms with Crippen LogP contribution >= 0.6 is 34.8 Å². The predicted molar refractivity (Wildman–Crippen MR) is 76.3 cm³/mol. The van der Waals surface area contributed by atoms with Gasteiger partial charge in [-0.1, -0.05) is 34.8 Å². The quantitative estimate of drug-likeness (QED) is 0.757. The molecule has 19 heavy (non-hydrogen) atoms. The molecule has 0 bridgehead atoms. The summed E-state index contributed by atoms with van der Waals surface area (Å²) in [7, 11) is 3.45. The zero-order chi connectivity index (χ0) is 14.7. The van der Waals surface area contributed by atoms with E-state index in [1.807, 2.05) is 6.92 Å². The first-order valence-corrected chi connectivity index (χ1v) is 6.41. The average Bonchev–Trinajstić information content (AvgIpc) is 2.72. The van der Waals surface area contributed by atoms with Crippen molar-refractivity contribution in [1.29, 1.82) is 0 Å². The second kappa shape index (κ2) is 6.41. The highest BCUT2D eigenvalue weighted by atomic mass is 35.5. The lowest BCUT2D eigenvalue weighted by Crippen LogP contribution is -1.89. The first kappa shape index (κ1) is 16.0. The highest BCUT2D eigenvalue weighted by molar-refractivity contribution is 6.41. The topological polar surface area (TPSA) is 52.7 Å². The first-order chi connectivity index (χ1) is 8.79. The van der Waals surface area contributed by atoms with E-state index in [1.165, 1.54) is 4.68 Å². The van der Waals surface area contributed by atoms with Crippen molar-refractivity contribution in [1.82, 2.24) is 19.6 Å². The van der Waals surface area contributed by atoms with Gasteiger partial charge in [-0.3, -0.25) is 14.2 Å². The van der Waals surface area contributed by atoms with Crippen LogP contribution in [0.3, 0.4) is 0 Å². The molecule has 2 aromatic heterocycles. The van der Waals surface area contributed by atoms with Crippen LogP contribution in [0.4, 0.5) is 0 Å². The second-order valence-corrected chi connectivity index (χ2v) is 4.94. The van der Waals surface area contributed by atoms with E-state index in [-0.39, 0.29) is 0 Å². The fourth-order valence-corrected chi connectivity index (χ4v) is 1.94. The Labute approximate surface area is 126 Å². The number of aromatic nitrogens is 4. The van der Waals surface area contributed by atoms with Gasteiger partial charge in [0.25, 0.3) is 0 Å². The van der Waals surface area contributed by atoms with E-state index >= 15 is 0 Å². The van der Waals surface area contributed by atoms with Gasteiger partial charge >= 0.3 is 0 Å². The summed E-state index contributed by atoms with van der Waals surface area (Å²) in [4.78, 5) is 10.3. The molecule has 5 nitrogen and oxygen atoms in total. The van der Waals surface area contributed by atoms with Gasteiger partial charge in [-0.15, -0.1) is 0 Å². The Morgan fingerprint density at radius 3 is 1.58 bits per heavy atom. The summed E-state index contributed by atoms with van der Waals surface area (Å²) in [6, 6.07) is 0. The van der Waals surface area contributed by atoms with Crippen molar-refractivity contribution in [3.05, 3.63) is 32.3 Å². The van der Waals surface area contributed by atoms with Gasteiger partial charge in [0.1, 0.15) is 15.3 Å². The maximum Gasteiger partial charge on any atom is 0.155 e. The molecule has 0 aliphatic carbocycles. The van der Waals surface area contributed by atoms with E-state index < -0.39 is 0 Å². The number of aldehydes is 1. The van der Waals surface area contributed by atoms with E-state index in [4.69, 9.17) is 34.8 Å². The molecule has 2 rings (SSSR count). The zero-order valence-corrected chi connectivity index (χ0v) is 13.2. The molecule has 0 aliphatic heterocycles. The molecule has 0 radical (unpaired) electrons. The molecule has 0 atom stereocenters. The summed E-state index contributed by atoms with van der Waals surface area (Å²) in [6.45, 7) is 3.56. The van der Waals surface area contributed by atoms with Gasteiger partial charge < -0.3 is 0 Å². The lowest BCUT2D eigenvalue weighted by Gasteiger charge is -1.87. The largest absolute Gasteiger partial charge is 0.298 e. The van der Waals surface area contributed by atoms with Gasteiger partial charge in [-0.2, -0.15) is 10.2 Å². The minimum Gasteiger partial charge on any atom is -0.298 e. The van der Waals surface area contributed by atoms with Crippen LogP contribution in [0.5, 0.6) is 0 Å². The molecular weight excluding hydrogens is 311 g/mol. The summed E-state index contributed by atoms with van der Waals surface area (Å²) in [5, 5.41) is 9.33. The Hall–Kier alpha value is -1.04. The monoisotopic (exact) mass is 322 g/mol. The SMILES string of the molecule is Cc1nn(C)c(Cl)c1C=O.Cc1nn(C)c(Cl)c1Cl. The molecule has 0 aliphatic rings. The fraction of sp³-hybridized carbons (Fsp3) is 0.364. The molecule has 0 unspecified atom stereocenters. The molecule has 104 valence electrons. The van der Waals surface area contributed by atoms with Gasteiger partial charge in [0.05, 0.1) is 17.0 Å². The highest BCUT2D eigenvalue weighted by Crippen LogP contribution is 2.23. The number of hydrogen-bond donors (Lipinski definition) is 0. The van der Waals surface area contributed by atoms with Gasteiger partial charge in [0.15, 0.2) is 6.29 Å². The molecule has 2 aromatic rings. The third-order valence-electron chi connectivity index (χ3n) is 2.40. The number of aryl methyl sites for hydroxylation is 4. The number of hydrogen-bond acceptors (Lipinski definition) is 3. The standard InChI is InChI=1S/C6H7ClN2O.C5H6Cl2N2/c1-4-5(3-10)6(7)9(2)8-4;1-3-4(6)5(7)9(2)8-3/h3H,1-2H3;1-2H3. The molecule has 0 fully saturated rings. The summed E-state index contributed by atoms with van der Waals surface area (Å²) >= 11 is 17.0. The van der Waals surface area contributed by atoms with Crippen LogP contribution in [0.2, 0.25) is 15.3 Å². The van der Waals surface area contributed by atoms with E-state index in [0.717, 1.165) is 5.69 Å². The van der Waals surface area contributed by atoms with Crippen LogP contribution in [0.15, 0.2) is 0 Å². The van der Waals surface area contributed by atoms with E-state index in [2.05, 4.69) is 10.2 Å². The summed E-state index contributed by atoms with van der Waals surface area (Å²) < 4.78 is 3.01. The van der Waals surface area contributed by atoms with Crippen LogP contribution < -0.4 is 0 Å². The molecular formula is C11H13Cl3N4O. The van der Waals surface area contributed by atoms with Crippen molar-refractivity contribution < 1.29 is 4.79 Å². The summed E-state index contributed by atoms with van der Waals surface area (Å²) in [6.07, 6.45) is 0.713. The van der Waals surface area contributed by atoms with Gasteiger partial charge in [0.2, 0.25) is 0 Å². The van der Waals surface area contributed by atoms with Gasteiger partial charge in [-0.05, 0) is 13.8 Å². The molecule has 0 spiro atoms. The van der Waals surface area contributed by atoms with E-state index in [0.29, 0.717) is 32.9 Å². The Balaban J connectivity index is 0.000000191. The Bertz CT molecular complexity index is 581. The maximum atomic E-state index is 10.3. The Kier molecular flexibility index (Phi) is 5.40. The number of carbonyl (C=O) groups is 1. The maximum absolute atomic E-state index is 10.3. The van der Waals surface area contributed by atoms with Crippen LogP contribution in [0, 0.1) is 13.8 Å². The molecule has 0 N–H and O–H groups in total. The van der Waals surface area contributed by atoms with Crippen molar-refractivity contribution in [3.8, 4) is 0 Å². The van der Waals surface area contributed by atoms with Crippen LogP contribution in [-0.2, 0) is 14.1 Å². The van der Waals surface area contributed by atoms with Crippen molar-refractivity contribution in [2.75, 3.05) is 0 Å². The predicted octanol–water partition coefficient (Wildman–Crippen LogP) is 3.23. The molecule has 2 heterocycles. The summed E-state index contributed by atoms with van der Waals surface area (Å²) in [5.41, 5.74) is 1.91. The number of nitrogens with zero attached hydrogens (tertiary/aromatic N) is 4. The van der Waals surface area contributed by atoms with Gasteiger partial charge in [-0.25, -0.2) is 0 Å². The minimum atomic E-state index is 0.396. The first-order valence-electron chi connectivity index (χ1n) is 5.28. The van der Waals surface area contributed by atoms with Crippen LogP contribution in [-0.4, -0.2) is 25.8 Å².